The summed E-state index contributed by atoms with van der Waals surface area (Å²) >= 11 is 8.32. The topological polar surface area (TPSA) is 115 Å². The number of esters is 2. The molecule has 0 aliphatic carbocycles. The van der Waals surface area contributed by atoms with Crippen molar-refractivity contribution in [1.82, 2.24) is 4.57 Å². The molecule has 4 aromatic rings. The highest BCUT2D eigenvalue weighted by atomic mass is 79.9. The van der Waals surface area contributed by atoms with Crippen molar-refractivity contribution < 1.29 is 37.7 Å². The molecule has 1 atom stereocenters. The first-order valence-electron chi connectivity index (χ1n) is 15.1. The Hall–Kier alpha value is -4.27. The van der Waals surface area contributed by atoms with E-state index in [1.54, 1.807) is 57.2 Å². The molecular weight excluding hydrogens is 787 g/mol. The Kier molecular flexibility index (Phi) is 11.7. The second kappa shape index (κ2) is 16.0. The number of ether oxygens (including phenoxy) is 5. The van der Waals surface area contributed by atoms with E-state index < -0.39 is 18.0 Å². The molecule has 256 valence electrons. The number of hydrogen-bond donors (Lipinski definition) is 0. The maximum absolute atomic E-state index is 14.2. The lowest BCUT2D eigenvalue weighted by Crippen LogP contribution is -2.40. The van der Waals surface area contributed by atoms with Gasteiger partial charge in [-0.3, -0.25) is 9.36 Å². The molecule has 0 amide bonds. The van der Waals surface area contributed by atoms with Gasteiger partial charge in [0.05, 0.1) is 51.1 Å². The van der Waals surface area contributed by atoms with Gasteiger partial charge in [-0.2, -0.15) is 0 Å². The average molecular weight is 819 g/mol. The molecule has 49 heavy (non-hydrogen) atoms. The van der Waals surface area contributed by atoms with Gasteiger partial charge in [0.15, 0.2) is 22.9 Å². The average Bonchev–Trinajstić information content (AvgIpc) is 3.37. The molecular formula is C35H31Br2FN2O8S. The minimum atomic E-state index is -0.896. The standard InChI is InChI=1S/C35H31Br2FN2O8S/c1-5-45-27-16-22(9-12-26(27)47-18-29(41)44-4)31-30(34(43)46-6-2)19(3)39-35-40(31)33(42)28(49-35)15-21-13-24(36)32(25(37)14-21)48-17-20-7-10-23(38)11-8-20/h7-16,31H,5-6,17-18H2,1-4H3/b28-15-/t31-/m0/s1. The fraction of sp³-hybridized carbons (Fsp3) is 0.257. The summed E-state index contributed by atoms with van der Waals surface area (Å²) in [7, 11) is 1.26. The van der Waals surface area contributed by atoms with Gasteiger partial charge in [0.1, 0.15) is 18.2 Å². The molecule has 1 aromatic heterocycles. The van der Waals surface area contributed by atoms with Crippen LogP contribution in [0.1, 0.15) is 43.5 Å². The first-order valence-corrected chi connectivity index (χ1v) is 17.5. The van der Waals surface area contributed by atoms with Gasteiger partial charge >= 0.3 is 11.9 Å². The van der Waals surface area contributed by atoms with E-state index in [1.165, 1.54) is 35.1 Å². The Balaban J connectivity index is 1.56. The largest absolute Gasteiger partial charge is 0.490 e. The van der Waals surface area contributed by atoms with Gasteiger partial charge in [0.2, 0.25) is 0 Å². The monoisotopic (exact) mass is 816 g/mol. The first kappa shape index (κ1) is 36.0. The van der Waals surface area contributed by atoms with E-state index in [4.69, 9.17) is 18.9 Å². The predicted molar refractivity (Wildman–Crippen MR) is 188 cm³/mol. The van der Waals surface area contributed by atoms with Crippen molar-refractivity contribution in [1.29, 1.82) is 0 Å². The van der Waals surface area contributed by atoms with Crippen molar-refractivity contribution >= 4 is 61.2 Å². The van der Waals surface area contributed by atoms with Crippen LogP contribution in [0.3, 0.4) is 0 Å². The summed E-state index contributed by atoms with van der Waals surface area (Å²) in [6.07, 6.45) is 1.74. The predicted octanol–water partition coefficient (Wildman–Crippen LogP) is 5.99. The van der Waals surface area contributed by atoms with Crippen molar-refractivity contribution in [3.8, 4) is 17.2 Å². The molecule has 5 rings (SSSR count). The van der Waals surface area contributed by atoms with Crippen molar-refractivity contribution in [2.24, 2.45) is 4.99 Å². The molecule has 0 radical (unpaired) electrons. The highest BCUT2D eigenvalue weighted by molar-refractivity contribution is 9.11. The highest BCUT2D eigenvalue weighted by Gasteiger charge is 2.34. The van der Waals surface area contributed by atoms with Crippen LogP contribution in [0.15, 0.2) is 84.6 Å². The van der Waals surface area contributed by atoms with Gasteiger partial charge in [-0.25, -0.2) is 19.0 Å². The number of benzene rings is 3. The van der Waals surface area contributed by atoms with Crippen molar-refractivity contribution in [2.45, 2.75) is 33.4 Å². The number of methoxy groups -OCH3 is 1. The quantitative estimate of drug-likeness (QED) is 0.160. The van der Waals surface area contributed by atoms with E-state index in [9.17, 15) is 18.8 Å². The lowest BCUT2D eigenvalue weighted by molar-refractivity contribution is -0.143. The van der Waals surface area contributed by atoms with Crippen molar-refractivity contribution in [3.63, 3.8) is 0 Å². The number of carbonyl (C=O) groups is 2. The van der Waals surface area contributed by atoms with Crippen LogP contribution >= 0.6 is 43.2 Å². The maximum Gasteiger partial charge on any atom is 0.343 e. The minimum Gasteiger partial charge on any atom is -0.490 e. The molecule has 0 unspecified atom stereocenters. The third kappa shape index (κ3) is 8.14. The lowest BCUT2D eigenvalue weighted by Gasteiger charge is -2.25. The Morgan fingerprint density at radius 3 is 2.35 bits per heavy atom. The lowest BCUT2D eigenvalue weighted by atomic mass is 9.95. The molecule has 3 aromatic carbocycles. The molecule has 10 nitrogen and oxygen atoms in total. The fourth-order valence-electron chi connectivity index (χ4n) is 5.07. The third-order valence-electron chi connectivity index (χ3n) is 7.29. The number of fused-ring (bicyclic) bond motifs is 1. The highest BCUT2D eigenvalue weighted by Crippen LogP contribution is 2.37. The van der Waals surface area contributed by atoms with Crippen LogP contribution in [-0.2, 0) is 25.7 Å². The number of nitrogens with zero attached hydrogens (tertiary/aromatic N) is 2. The zero-order chi connectivity index (χ0) is 35.2. The van der Waals surface area contributed by atoms with Gasteiger partial charge in [-0.15, -0.1) is 0 Å². The van der Waals surface area contributed by atoms with Crippen LogP contribution in [0.4, 0.5) is 4.39 Å². The van der Waals surface area contributed by atoms with Gasteiger partial charge in [-0.05, 0) is 112 Å². The van der Waals surface area contributed by atoms with E-state index in [0.29, 0.717) is 59.0 Å². The molecule has 1 aliphatic rings. The molecule has 0 saturated carbocycles. The Morgan fingerprint density at radius 1 is 0.980 bits per heavy atom. The number of aromatic nitrogens is 1. The molecule has 0 bridgehead atoms. The summed E-state index contributed by atoms with van der Waals surface area (Å²) in [6, 6.07) is 13.8. The summed E-state index contributed by atoms with van der Waals surface area (Å²) in [4.78, 5) is 44.3. The third-order valence-corrected chi connectivity index (χ3v) is 9.45. The molecule has 14 heteroatoms. The number of carbonyl (C=O) groups excluding carboxylic acids is 2. The van der Waals surface area contributed by atoms with Gasteiger partial charge in [-0.1, -0.05) is 29.5 Å². The SMILES string of the molecule is CCOC(=O)C1=C(C)N=c2s/c(=C\c3cc(Br)c(OCc4ccc(F)cc4)c(Br)c3)c(=O)n2[C@H]1c1ccc(OCC(=O)OC)c(OCC)c1. The molecule has 0 fully saturated rings. The van der Waals surface area contributed by atoms with Gasteiger partial charge in [0, 0.05) is 0 Å². The van der Waals surface area contributed by atoms with E-state index >= 15 is 0 Å². The summed E-state index contributed by atoms with van der Waals surface area (Å²) < 4.78 is 44.0. The van der Waals surface area contributed by atoms with Crippen LogP contribution in [0.25, 0.3) is 6.08 Å². The first-order chi connectivity index (χ1) is 23.5. The Bertz CT molecular complexity index is 2090. The second-order valence-corrected chi connectivity index (χ2v) is 13.3. The van der Waals surface area contributed by atoms with E-state index in [1.807, 2.05) is 12.1 Å². The van der Waals surface area contributed by atoms with Crippen LogP contribution < -0.4 is 29.1 Å². The molecule has 1 aliphatic heterocycles. The molecule has 0 spiro atoms. The van der Waals surface area contributed by atoms with Gasteiger partial charge < -0.3 is 23.7 Å². The van der Waals surface area contributed by atoms with Crippen LogP contribution in [-0.4, -0.2) is 43.4 Å². The normalized spacial score (nSPS) is 14.2. The van der Waals surface area contributed by atoms with Crippen molar-refractivity contribution in [2.75, 3.05) is 26.9 Å². The smallest absolute Gasteiger partial charge is 0.343 e. The van der Waals surface area contributed by atoms with E-state index in [0.717, 1.165) is 5.56 Å². The maximum atomic E-state index is 14.2. The fourth-order valence-corrected chi connectivity index (χ4v) is 7.57. The van der Waals surface area contributed by atoms with Gasteiger partial charge in [0.25, 0.3) is 5.56 Å². The Morgan fingerprint density at radius 2 is 1.69 bits per heavy atom. The minimum absolute atomic E-state index is 0.130. The van der Waals surface area contributed by atoms with Crippen molar-refractivity contribution in [3.05, 3.63) is 117 Å². The van der Waals surface area contributed by atoms with E-state index in [-0.39, 0.29) is 36.8 Å². The second-order valence-electron chi connectivity index (χ2n) is 10.5. The summed E-state index contributed by atoms with van der Waals surface area (Å²) in [5, 5.41) is 0. The molecule has 0 saturated heterocycles. The number of hydrogen-bond acceptors (Lipinski definition) is 10. The summed E-state index contributed by atoms with van der Waals surface area (Å²) in [5.74, 6) is -0.330. The summed E-state index contributed by atoms with van der Waals surface area (Å²) in [5.41, 5.74) is 2.30. The number of thiazole rings is 1. The van der Waals surface area contributed by atoms with Crippen LogP contribution in [0.5, 0.6) is 17.2 Å². The van der Waals surface area contributed by atoms with E-state index in [2.05, 4.69) is 41.6 Å². The summed E-state index contributed by atoms with van der Waals surface area (Å²) in [6.45, 7) is 5.52. The number of rotatable bonds is 12. The van der Waals surface area contributed by atoms with Crippen LogP contribution in [0, 0.1) is 5.82 Å². The molecule has 0 N–H and O–H groups in total. The Labute approximate surface area is 301 Å². The number of allylic oxidation sites excluding steroid dienone is 1. The van der Waals surface area contributed by atoms with Crippen LogP contribution in [0.2, 0.25) is 0 Å². The zero-order valence-corrected chi connectivity index (χ0v) is 30.9. The number of halogens is 3. The molecule has 2 heterocycles. The zero-order valence-electron chi connectivity index (χ0n) is 26.9.